The minimum atomic E-state index is 0.434. The summed E-state index contributed by atoms with van der Waals surface area (Å²) < 4.78 is 5.52. The second kappa shape index (κ2) is 7.62. The van der Waals surface area contributed by atoms with Crippen LogP contribution in [-0.4, -0.2) is 63.2 Å². The summed E-state index contributed by atoms with van der Waals surface area (Å²) >= 11 is 0. The summed E-state index contributed by atoms with van der Waals surface area (Å²) in [5, 5.41) is 3.41. The lowest BCUT2D eigenvalue weighted by Crippen LogP contribution is -2.46. The fraction of sp³-hybridized carbons (Fsp3) is 0.625. The predicted octanol–water partition coefficient (Wildman–Crippen LogP) is 1.59. The van der Waals surface area contributed by atoms with Crippen molar-refractivity contribution >= 4 is 0 Å². The fourth-order valence-electron chi connectivity index (χ4n) is 2.66. The van der Waals surface area contributed by atoms with Crippen LogP contribution in [0.1, 0.15) is 18.5 Å². The van der Waals surface area contributed by atoms with E-state index >= 15 is 0 Å². The van der Waals surface area contributed by atoms with E-state index in [0.29, 0.717) is 6.04 Å². The van der Waals surface area contributed by atoms with Gasteiger partial charge in [-0.2, -0.15) is 0 Å². The van der Waals surface area contributed by atoms with Crippen LogP contribution in [0.15, 0.2) is 24.3 Å². The van der Waals surface area contributed by atoms with Crippen molar-refractivity contribution in [2.45, 2.75) is 13.0 Å². The normalized spacial score (nSPS) is 18.2. The van der Waals surface area contributed by atoms with Gasteiger partial charge in [0.25, 0.3) is 0 Å². The Balaban J connectivity index is 2.03. The SMILES string of the molecule is CCOc1ccc(C(CN2CCNCC2)N(C)C)cc1. The molecule has 0 amide bonds. The third-order valence-electron chi connectivity index (χ3n) is 3.84. The van der Waals surface area contributed by atoms with Gasteiger partial charge in [-0.3, -0.25) is 4.90 Å². The van der Waals surface area contributed by atoms with Crippen molar-refractivity contribution in [1.29, 1.82) is 0 Å². The Hall–Kier alpha value is -1.10. The molecular weight excluding hydrogens is 250 g/mol. The lowest BCUT2D eigenvalue weighted by atomic mass is 10.0. The van der Waals surface area contributed by atoms with Gasteiger partial charge in [-0.1, -0.05) is 12.1 Å². The smallest absolute Gasteiger partial charge is 0.119 e. The van der Waals surface area contributed by atoms with Crippen molar-refractivity contribution in [3.8, 4) is 5.75 Å². The maximum atomic E-state index is 5.52. The van der Waals surface area contributed by atoms with Gasteiger partial charge in [0.15, 0.2) is 0 Å². The lowest BCUT2D eigenvalue weighted by molar-refractivity contribution is 0.168. The predicted molar refractivity (Wildman–Crippen MR) is 83.3 cm³/mol. The number of likely N-dealkylation sites (N-methyl/N-ethyl adjacent to an activating group) is 1. The monoisotopic (exact) mass is 277 g/mol. The number of rotatable bonds is 6. The summed E-state index contributed by atoms with van der Waals surface area (Å²) in [4.78, 5) is 4.84. The zero-order chi connectivity index (χ0) is 14.4. The summed E-state index contributed by atoms with van der Waals surface area (Å²) in [5.74, 6) is 0.955. The molecule has 2 rings (SSSR count). The van der Waals surface area contributed by atoms with Crippen molar-refractivity contribution in [1.82, 2.24) is 15.1 Å². The maximum Gasteiger partial charge on any atom is 0.119 e. The number of nitrogens with one attached hydrogen (secondary N) is 1. The van der Waals surface area contributed by atoms with Gasteiger partial charge in [0.1, 0.15) is 5.75 Å². The molecule has 1 aromatic rings. The highest BCUT2D eigenvalue weighted by Gasteiger charge is 2.19. The molecule has 4 nitrogen and oxygen atoms in total. The van der Waals surface area contributed by atoms with Gasteiger partial charge in [0.2, 0.25) is 0 Å². The Bertz CT molecular complexity index is 385. The second-order valence-electron chi connectivity index (χ2n) is 5.53. The second-order valence-corrected chi connectivity index (χ2v) is 5.53. The summed E-state index contributed by atoms with van der Waals surface area (Å²) in [7, 11) is 4.31. The minimum absolute atomic E-state index is 0.434. The molecular formula is C16H27N3O. The van der Waals surface area contributed by atoms with E-state index in [1.54, 1.807) is 0 Å². The summed E-state index contributed by atoms with van der Waals surface area (Å²) in [6, 6.07) is 8.97. The highest BCUT2D eigenvalue weighted by molar-refractivity contribution is 5.29. The Morgan fingerprint density at radius 2 is 1.85 bits per heavy atom. The van der Waals surface area contributed by atoms with Gasteiger partial charge in [-0.05, 0) is 38.7 Å². The Morgan fingerprint density at radius 1 is 1.20 bits per heavy atom. The zero-order valence-corrected chi connectivity index (χ0v) is 12.9. The number of piperazine rings is 1. The average Bonchev–Trinajstić information content (AvgIpc) is 2.47. The standard InChI is InChI=1S/C16H27N3O/c1-4-20-15-7-5-14(6-8-15)16(18(2)3)13-19-11-9-17-10-12-19/h5-8,16-17H,4,9-13H2,1-3H3. The quantitative estimate of drug-likeness (QED) is 0.855. The first kappa shape index (κ1) is 15.3. The third-order valence-corrected chi connectivity index (χ3v) is 3.84. The molecule has 0 aromatic heterocycles. The number of nitrogens with zero attached hydrogens (tertiary/aromatic N) is 2. The Morgan fingerprint density at radius 3 is 2.40 bits per heavy atom. The Labute approximate surface area is 122 Å². The summed E-state index contributed by atoms with van der Waals surface area (Å²) in [6.45, 7) is 8.30. The van der Waals surface area contributed by atoms with Gasteiger partial charge >= 0.3 is 0 Å². The van der Waals surface area contributed by atoms with Gasteiger partial charge < -0.3 is 15.0 Å². The summed E-state index contributed by atoms with van der Waals surface area (Å²) in [5.41, 5.74) is 1.36. The number of hydrogen-bond acceptors (Lipinski definition) is 4. The number of hydrogen-bond donors (Lipinski definition) is 1. The van der Waals surface area contributed by atoms with E-state index < -0.39 is 0 Å². The molecule has 20 heavy (non-hydrogen) atoms. The lowest BCUT2D eigenvalue weighted by Gasteiger charge is -2.34. The van der Waals surface area contributed by atoms with Gasteiger partial charge in [-0.15, -0.1) is 0 Å². The molecule has 0 bridgehead atoms. The van der Waals surface area contributed by atoms with E-state index in [1.165, 1.54) is 5.56 Å². The molecule has 1 saturated heterocycles. The third kappa shape index (κ3) is 4.20. The van der Waals surface area contributed by atoms with E-state index in [1.807, 2.05) is 6.92 Å². The summed E-state index contributed by atoms with van der Waals surface area (Å²) in [6.07, 6.45) is 0. The number of ether oxygens (including phenoxy) is 1. The van der Waals surface area contributed by atoms with Crippen LogP contribution in [0.2, 0.25) is 0 Å². The molecule has 1 heterocycles. The van der Waals surface area contributed by atoms with E-state index in [-0.39, 0.29) is 0 Å². The van der Waals surface area contributed by atoms with Crippen molar-refractivity contribution in [3.05, 3.63) is 29.8 Å². The molecule has 1 aromatic carbocycles. The van der Waals surface area contributed by atoms with Crippen molar-refractivity contribution < 1.29 is 4.74 Å². The minimum Gasteiger partial charge on any atom is -0.494 e. The van der Waals surface area contributed by atoms with E-state index in [2.05, 4.69) is 53.5 Å². The molecule has 1 fully saturated rings. The maximum absolute atomic E-state index is 5.52. The first-order valence-electron chi connectivity index (χ1n) is 7.53. The molecule has 1 aliphatic rings. The molecule has 0 saturated carbocycles. The zero-order valence-electron chi connectivity index (χ0n) is 12.9. The molecule has 0 radical (unpaired) electrons. The van der Waals surface area contributed by atoms with Crippen molar-refractivity contribution in [2.24, 2.45) is 0 Å². The van der Waals surface area contributed by atoms with Crippen LogP contribution in [-0.2, 0) is 0 Å². The van der Waals surface area contributed by atoms with Gasteiger partial charge in [0.05, 0.1) is 6.61 Å². The molecule has 1 N–H and O–H groups in total. The van der Waals surface area contributed by atoms with E-state index in [0.717, 1.165) is 45.1 Å². The van der Waals surface area contributed by atoms with Crippen LogP contribution in [0, 0.1) is 0 Å². The van der Waals surface area contributed by atoms with Crippen LogP contribution in [0.4, 0.5) is 0 Å². The largest absolute Gasteiger partial charge is 0.494 e. The van der Waals surface area contributed by atoms with E-state index in [9.17, 15) is 0 Å². The molecule has 0 aliphatic carbocycles. The van der Waals surface area contributed by atoms with Crippen LogP contribution in [0.5, 0.6) is 5.75 Å². The molecule has 1 aliphatic heterocycles. The topological polar surface area (TPSA) is 27.7 Å². The molecule has 1 atom stereocenters. The van der Waals surface area contributed by atoms with Crippen molar-refractivity contribution in [2.75, 3.05) is 53.4 Å². The average molecular weight is 277 g/mol. The Kier molecular flexibility index (Phi) is 5.83. The highest BCUT2D eigenvalue weighted by atomic mass is 16.5. The van der Waals surface area contributed by atoms with Gasteiger partial charge in [0, 0.05) is 38.8 Å². The molecule has 4 heteroatoms. The van der Waals surface area contributed by atoms with E-state index in [4.69, 9.17) is 4.74 Å². The molecule has 112 valence electrons. The fourth-order valence-corrected chi connectivity index (χ4v) is 2.66. The first-order valence-corrected chi connectivity index (χ1v) is 7.53. The van der Waals surface area contributed by atoms with Crippen molar-refractivity contribution in [3.63, 3.8) is 0 Å². The van der Waals surface area contributed by atoms with Crippen LogP contribution >= 0.6 is 0 Å². The number of benzene rings is 1. The van der Waals surface area contributed by atoms with Crippen LogP contribution in [0.25, 0.3) is 0 Å². The van der Waals surface area contributed by atoms with Crippen LogP contribution < -0.4 is 10.1 Å². The first-order chi connectivity index (χ1) is 9.70. The highest BCUT2D eigenvalue weighted by Crippen LogP contribution is 2.22. The molecule has 1 unspecified atom stereocenters. The van der Waals surface area contributed by atoms with Crippen LogP contribution in [0.3, 0.4) is 0 Å². The van der Waals surface area contributed by atoms with Gasteiger partial charge in [-0.25, -0.2) is 0 Å². The molecule has 0 spiro atoms.